The minimum atomic E-state index is -0.617. The van der Waals surface area contributed by atoms with Crippen LogP contribution in [0.15, 0.2) is 0 Å². The standard InChI is InChI=1S/C11H17NOS/c1-14-8-4-7-11(9-12)6-3-2-5-10(11)13/h2-8H2,1H3. The van der Waals surface area contributed by atoms with Crippen molar-refractivity contribution in [3.05, 3.63) is 0 Å². The van der Waals surface area contributed by atoms with Gasteiger partial charge in [-0.1, -0.05) is 6.42 Å². The van der Waals surface area contributed by atoms with E-state index in [0.29, 0.717) is 6.42 Å². The molecule has 0 saturated heterocycles. The maximum Gasteiger partial charge on any atom is 0.153 e. The molecule has 1 rings (SSSR count). The molecule has 2 nitrogen and oxygen atoms in total. The van der Waals surface area contributed by atoms with E-state index in [-0.39, 0.29) is 5.78 Å². The fraction of sp³-hybridized carbons (Fsp3) is 0.818. The molecular weight excluding hydrogens is 194 g/mol. The van der Waals surface area contributed by atoms with Crippen LogP contribution in [0.4, 0.5) is 0 Å². The topological polar surface area (TPSA) is 40.9 Å². The van der Waals surface area contributed by atoms with Crippen LogP contribution in [0, 0.1) is 16.7 Å². The molecule has 0 aromatic heterocycles. The number of ketones is 1. The fourth-order valence-electron chi connectivity index (χ4n) is 2.05. The summed E-state index contributed by atoms with van der Waals surface area (Å²) in [5.41, 5.74) is -0.617. The number of rotatable bonds is 4. The number of nitrogens with zero attached hydrogens (tertiary/aromatic N) is 1. The van der Waals surface area contributed by atoms with Crippen molar-refractivity contribution in [2.45, 2.75) is 38.5 Å². The molecule has 0 aliphatic heterocycles. The lowest BCUT2D eigenvalue weighted by Crippen LogP contribution is -2.32. The maximum atomic E-state index is 11.7. The zero-order chi connectivity index (χ0) is 10.4. The first-order chi connectivity index (χ1) is 6.75. The Balaban J connectivity index is 2.55. The number of carbonyl (C=O) groups excluding carboxylic acids is 1. The Morgan fingerprint density at radius 2 is 2.36 bits per heavy atom. The first kappa shape index (κ1) is 11.6. The van der Waals surface area contributed by atoms with Crippen LogP contribution in [0.2, 0.25) is 0 Å². The van der Waals surface area contributed by atoms with Gasteiger partial charge in [-0.3, -0.25) is 4.79 Å². The summed E-state index contributed by atoms with van der Waals surface area (Å²) >= 11 is 1.78. The van der Waals surface area contributed by atoms with E-state index in [1.54, 1.807) is 11.8 Å². The van der Waals surface area contributed by atoms with Crippen molar-refractivity contribution < 1.29 is 4.79 Å². The van der Waals surface area contributed by atoms with Crippen molar-refractivity contribution in [3.8, 4) is 6.07 Å². The minimum Gasteiger partial charge on any atom is -0.298 e. The molecule has 0 aromatic rings. The highest BCUT2D eigenvalue weighted by atomic mass is 32.2. The van der Waals surface area contributed by atoms with Gasteiger partial charge >= 0.3 is 0 Å². The van der Waals surface area contributed by atoms with Gasteiger partial charge in [0.15, 0.2) is 5.78 Å². The third-order valence-corrected chi connectivity index (χ3v) is 3.65. The monoisotopic (exact) mass is 211 g/mol. The lowest BCUT2D eigenvalue weighted by atomic mass is 9.71. The van der Waals surface area contributed by atoms with Gasteiger partial charge in [0.05, 0.1) is 6.07 Å². The normalized spacial score (nSPS) is 27.3. The highest BCUT2D eigenvalue weighted by molar-refractivity contribution is 7.98. The first-order valence-corrected chi connectivity index (χ1v) is 6.58. The van der Waals surface area contributed by atoms with Gasteiger partial charge in [-0.2, -0.15) is 17.0 Å². The van der Waals surface area contributed by atoms with Gasteiger partial charge in [0.25, 0.3) is 0 Å². The Morgan fingerprint density at radius 1 is 1.57 bits per heavy atom. The van der Waals surface area contributed by atoms with Crippen molar-refractivity contribution in [2.24, 2.45) is 5.41 Å². The van der Waals surface area contributed by atoms with Crippen LogP contribution < -0.4 is 0 Å². The van der Waals surface area contributed by atoms with Gasteiger partial charge < -0.3 is 0 Å². The highest BCUT2D eigenvalue weighted by Gasteiger charge is 2.39. The Bertz CT molecular complexity index is 246. The number of hydrogen-bond acceptors (Lipinski definition) is 3. The lowest BCUT2D eigenvalue weighted by Gasteiger charge is -2.28. The molecule has 0 bridgehead atoms. The van der Waals surface area contributed by atoms with Gasteiger partial charge in [-0.25, -0.2) is 0 Å². The zero-order valence-electron chi connectivity index (χ0n) is 8.71. The summed E-state index contributed by atoms with van der Waals surface area (Å²) in [5.74, 6) is 1.24. The quantitative estimate of drug-likeness (QED) is 0.671. The molecule has 1 atom stereocenters. The van der Waals surface area contributed by atoms with Crippen LogP contribution in [0.1, 0.15) is 38.5 Å². The molecule has 0 N–H and O–H groups in total. The predicted molar refractivity (Wildman–Crippen MR) is 59.1 cm³/mol. The summed E-state index contributed by atoms with van der Waals surface area (Å²) in [6.07, 6.45) is 7.23. The molecule has 78 valence electrons. The van der Waals surface area contributed by atoms with Crippen molar-refractivity contribution in [1.29, 1.82) is 5.26 Å². The molecule has 1 saturated carbocycles. The summed E-state index contributed by atoms with van der Waals surface area (Å²) in [4.78, 5) is 11.7. The Labute approximate surface area is 90.1 Å². The van der Waals surface area contributed by atoms with Crippen molar-refractivity contribution >= 4 is 17.5 Å². The number of carbonyl (C=O) groups is 1. The molecule has 1 fully saturated rings. The smallest absolute Gasteiger partial charge is 0.153 e. The summed E-state index contributed by atoms with van der Waals surface area (Å²) in [5, 5.41) is 9.13. The Hall–Kier alpha value is -0.490. The van der Waals surface area contributed by atoms with Gasteiger partial charge in [0, 0.05) is 6.42 Å². The van der Waals surface area contributed by atoms with Crippen molar-refractivity contribution in [1.82, 2.24) is 0 Å². The fourth-order valence-corrected chi connectivity index (χ4v) is 2.48. The molecule has 0 aromatic carbocycles. The Kier molecular flexibility index (Phi) is 4.47. The summed E-state index contributed by atoms with van der Waals surface area (Å²) < 4.78 is 0. The summed E-state index contributed by atoms with van der Waals surface area (Å²) in [7, 11) is 0. The third-order valence-electron chi connectivity index (χ3n) is 2.96. The largest absolute Gasteiger partial charge is 0.298 e. The molecule has 14 heavy (non-hydrogen) atoms. The first-order valence-electron chi connectivity index (χ1n) is 5.19. The van der Waals surface area contributed by atoms with Gasteiger partial charge in [-0.05, 0) is 37.7 Å². The van der Waals surface area contributed by atoms with Crippen molar-refractivity contribution in [2.75, 3.05) is 12.0 Å². The van der Waals surface area contributed by atoms with Crippen LogP contribution in [-0.2, 0) is 4.79 Å². The summed E-state index contributed by atoms with van der Waals surface area (Å²) in [6, 6.07) is 2.27. The number of nitriles is 1. The second-order valence-electron chi connectivity index (χ2n) is 3.92. The van der Waals surface area contributed by atoms with Crippen LogP contribution in [0.3, 0.4) is 0 Å². The molecular formula is C11H17NOS. The average Bonchev–Trinajstić information content (AvgIpc) is 2.21. The van der Waals surface area contributed by atoms with E-state index in [2.05, 4.69) is 12.3 Å². The van der Waals surface area contributed by atoms with Crippen LogP contribution in [0.5, 0.6) is 0 Å². The number of hydrogen-bond donors (Lipinski definition) is 0. The van der Waals surface area contributed by atoms with Gasteiger partial charge in [-0.15, -0.1) is 0 Å². The van der Waals surface area contributed by atoms with Crippen LogP contribution >= 0.6 is 11.8 Å². The predicted octanol–water partition coefficient (Wildman–Crippen LogP) is 2.78. The van der Waals surface area contributed by atoms with Crippen molar-refractivity contribution in [3.63, 3.8) is 0 Å². The van der Waals surface area contributed by atoms with E-state index in [4.69, 9.17) is 5.26 Å². The average molecular weight is 211 g/mol. The SMILES string of the molecule is CSCCCC1(C#N)CCCCC1=O. The van der Waals surface area contributed by atoms with Crippen LogP contribution in [0.25, 0.3) is 0 Å². The Morgan fingerprint density at radius 3 is 2.93 bits per heavy atom. The van der Waals surface area contributed by atoms with E-state index in [1.165, 1.54) is 0 Å². The van der Waals surface area contributed by atoms with E-state index in [0.717, 1.165) is 37.9 Å². The second-order valence-corrected chi connectivity index (χ2v) is 4.91. The van der Waals surface area contributed by atoms with Gasteiger partial charge in [0.2, 0.25) is 0 Å². The zero-order valence-corrected chi connectivity index (χ0v) is 9.53. The third kappa shape index (κ3) is 2.51. The molecule has 0 spiro atoms. The number of Topliss-reactive ketones (excluding diaryl/α,β-unsaturated/α-hetero) is 1. The molecule has 1 aliphatic rings. The van der Waals surface area contributed by atoms with E-state index in [9.17, 15) is 4.79 Å². The molecule has 3 heteroatoms. The lowest BCUT2D eigenvalue weighted by molar-refractivity contribution is -0.128. The van der Waals surface area contributed by atoms with Gasteiger partial charge in [0.1, 0.15) is 5.41 Å². The summed E-state index contributed by atoms with van der Waals surface area (Å²) in [6.45, 7) is 0. The van der Waals surface area contributed by atoms with E-state index in [1.807, 2.05) is 0 Å². The molecule has 1 unspecified atom stereocenters. The maximum absolute atomic E-state index is 11.7. The number of thioether (sulfide) groups is 1. The van der Waals surface area contributed by atoms with E-state index < -0.39 is 5.41 Å². The molecule has 0 heterocycles. The second kappa shape index (κ2) is 5.41. The van der Waals surface area contributed by atoms with E-state index >= 15 is 0 Å². The minimum absolute atomic E-state index is 0.187. The van der Waals surface area contributed by atoms with Crippen LogP contribution in [-0.4, -0.2) is 17.8 Å². The molecule has 0 amide bonds. The highest BCUT2D eigenvalue weighted by Crippen LogP contribution is 2.36. The molecule has 1 aliphatic carbocycles. The molecule has 0 radical (unpaired) electrons.